The number of carbonyl (C=O) groups excluding carboxylic acids is 3. The summed E-state index contributed by atoms with van der Waals surface area (Å²) in [5, 5.41) is 7.91. The van der Waals surface area contributed by atoms with Crippen LogP contribution in [0, 0.1) is 0 Å². The Balaban J connectivity index is 3.92. The number of carboxylic acids is 1. The highest BCUT2D eigenvalue weighted by Crippen LogP contribution is 1.82. The molecule has 0 radical (unpaired) electrons. The van der Waals surface area contributed by atoms with E-state index in [4.69, 9.17) is 5.11 Å². The number of ketones is 2. The molecule has 0 saturated carbocycles. The van der Waals surface area contributed by atoms with Crippen LogP contribution >= 0.6 is 0 Å². The Morgan fingerprint density at radius 2 is 1.80 bits per heavy atom. The Hall–Kier alpha value is -1.52. The fourth-order valence-corrected chi connectivity index (χ4v) is 0.276. The third-order valence-corrected chi connectivity index (χ3v) is 0.705. The summed E-state index contributed by atoms with van der Waals surface area (Å²) in [5.41, 5.74) is 0. The monoisotopic (exact) mass is 144 g/mol. The van der Waals surface area contributed by atoms with E-state index in [1.54, 1.807) is 0 Å². The summed E-state index contributed by atoms with van der Waals surface area (Å²) in [5.74, 6) is -3.99. The molecule has 10 heavy (non-hydrogen) atoms. The molecule has 1 N–H and O–H groups in total. The first-order valence-electron chi connectivity index (χ1n) is 2.32. The van der Waals surface area contributed by atoms with Crippen molar-refractivity contribution in [1.29, 1.82) is 0 Å². The van der Waals surface area contributed by atoms with Gasteiger partial charge in [-0.05, 0) is 0 Å². The molecule has 0 spiro atoms. The average molecular weight is 144 g/mol. The lowest BCUT2D eigenvalue weighted by Gasteiger charge is -1.85. The molecule has 0 amide bonds. The molecule has 0 rings (SSSR count). The molecule has 0 aliphatic heterocycles. The molecule has 0 aliphatic rings. The van der Waals surface area contributed by atoms with Crippen LogP contribution in [0.2, 0.25) is 0 Å². The Kier molecular flexibility index (Phi) is 2.96. The molecule has 5 nitrogen and oxygen atoms in total. The minimum Gasteiger partial charge on any atom is -0.475 e. The number of rotatable bonds is 4. The van der Waals surface area contributed by atoms with Crippen LogP contribution < -0.4 is 0 Å². The van der Waals surface area contributed by atoms with E-state index < -0.39 is 24.0 Å². The predicted octanol–water partition coefficient (Wildman–Crippen LogP) is -1.20. The van der Waals surface area contributed by atoms with Gasteiger partial charge in [-0.3, -0.25) is 14.4 Å². The molecule has 0 aromatic heterocycles. The molecule has 0 aromatic carbocycles. The van der Waals surface area contributed by atoms with E-state index >= 15 is 0 Å². The van der Waals surface area contributed by atoms with E-state index in [1.807, 2.05) is 0 Å². The van der Waals surface area contributed by atoms with Crippen molar-refractivity contribution >= 4 is 23.8 Å². The quantitative estimate of drug-likeness (QED) is 0.304. The van der Waals surface area contributed by atoms with Gasteiger partial charge in [-0.15, -0.1) is 0 Å². The fraction of sp³-hybridized carbons (Fsp3) is 0.200. The zero-order valence-electron chi connectivity index (χ0n) is 4.86. The zero-order chi connectivity index (χ0) is 8.15. The maximum atomic E-state index is 10.1. The van der Waals surface area contributed by atoms with E-state index in [2.05, 4.69) is 0 Å². The van der Waals surface area contributed by atoms with E-state index in [1.165, 1.54) is 0 Å². The lowest BCUT2D eigenvalue weighted by molar-refractivity contribution is -0.150. The second-order valence-corrected chi connectivity index (χ2v) is 1.49. The summed E-state index contributed by atoms with van der Waals surface area (Å²) in [7, 11) is 0. The fourth-order valence-electron chi connectivity index (χ4n) is 0.276. The van der Waals surface area contributed by atoms with Gasteiger partial charge in [0.1, 0.15) is 0 Å². The van der Waals surface area contributed by atoms with Gasteiger partial charge in [0.2, 0.25) is 11.6 Å². The van der Waals surface area contributed by atoms with Gasteiger partial charge in [-0.25, -0.2) is 4.79 Å². The van der Waals surface area contributed by atoms with Crippen molar-refractivity contribution in [2.24, 2.45) is 0 Å². The summed E-state index contributed by atoms with van der Waals surface area (Å²) in [6.07, 6.45) is -0.931. The van der Waals surface area contributed by atoms with Crippen LogP contribution in [0.5, 0.6) is 0 Å². The van der Waals surface area contributed by atoms with Crippen LogP contribution in [0.15, 0.2) is 0 Å². The molecule has 0 unspecified atom stereocenters. The van der Waals surface area contributed by atoms with Crippen LogP contribution in [-0.4, -0.2) is 28.9 Å². The van der Waals surface area contributed by atoms with Gasteiger partial charge < -0.3 is 5.11 Å². The van der Waals surface area contributed by atoms with Crippen LogP contribution in [0.4, 0.5) is 0 Å². The topological polar surface area (TPSA) is 88.5 Å². The van der Waals surface area contributed by atoms with Crippen molar-refractivity contribution in [2.45, 2.75) is 6.42 Å². The van der Waals surface area contributed by atoms with Crippen LogP contribution in [0.1, 0.15) is 6.42 Å². The smallest absolute Gasteiger partial charge is 0.372 e. The van der Waals surface area contributed by atoms with E-state index in [-0.39, 0.29) is 6.29 Å². The highest BCUT2D eigenvalue weighted by molar-refractivity contribution is 6.42. The van der Waals surface area contributed by atoms with Crippen LogP contribution in [-0.2, 0) is 19.2 Å². The highest BCUT2D eigenvalue weighted by atomic mass is 16.4. The molecule has 0 heterocycles. The Labute approximate surface area is 55.6 Å². The lowest BCUT2D eigenvalue weighted by Crippen LogP contribution is -2.17. The van der Waals surface area contributed by atoms with Crippen molar-refractivity contribution in [3.05, 3.63) is 0 Å². The number of hydrogen-bond donors (Lipinski definition) is 1. The lowest BCUT2D eigenvalue weighted by atomic mass is 10.2. The largest absolute Gasteiger partial charge is 0.475 e. The third kappa shape index (κ3) is 2.71. The molecule has 5 heteroatoms. The average Bonchev–Trinajstić information content (AvgIpc) is 1.87. The van der Waals surface area contributed by atoms with Gasteiger partial charge in [-0.2, -0.15) is 0 Å². The zero-order valence-corrected chi connectivity index (χ0v) is 4.86. The second kappa shape index (κ2) is 3.49. The van der Waals surface area contributed by atoms with Crippen LogP contribution in [0.25, 0.3) is 0 Å². The third-order valence-electron chi connectivity index (χ3n) is 0.705. The summed E-state index contributed by atoms with van der Waals surface area (Å²) >= 11 is 0. The number of carbonyl (C=O) groups is 4. The van der Waals surface area contributed by atoms with Crippen molar-refractivity contribution in [1.82, 2.24) is 0 Å². The Morgan fingerprint density at radius 1 is 1.30 bits per heavy atom. The second-order valence-electron chi connectivity index (χ2n) is 1.49. The van der Waals surface area contributed by atoms with Gasteiger partial charge in [0.15, 0.2) is 6.29 Å². The Morgan fingerprint density at radius 3 is 2.10 bits per heavy atom. The van der Waals surface area contributed by atoms with Gasteiger partial charge in [0, 0.05) is 0 Å². The highest BCUT2D eigenvalue weighted by Gasteiger charge is 2.14. The van der Waals surface area contributed by atoms with Gasteiger partial charge in [-0.1, -0.05) is 0 Å². The molecule has 54 valence electrons. The number of aliphatic carboxylic acids is 1. The maximum Gasteiger partial charge on any atom is 0.372 e. The van der Waals surface area contributed by atoms with E-state index in [9.17, 15) is 19.2 Å². The van der Waals surface area contributed by atoms with Gasteiger partial charge in [0.05, 0.1) is 6.42 Å². The normalized spacial score (nSPS) is 8.40. The van der Waals surface area contributed by atoms with E-state index in [0.717, 1.165) is 0 Å². The van der Waals surface area contributed by atoms with Crippen molar-refractivity contribution in [3.63, 3.8) is 0 Å². The number of hydrogen-bond acceptors (Lipinski definition) is 4. The first kappa shape index (κ1) is 8.48. The number of carboxylic acid groups (broad SMARTS) is 1. The molecule has 0 aliphatic carbocycles. The summed E-state index contributed by atoms with van der Waals surface area (Å²) in [4.78, 5) is 39.5. The summed E-state index contributed by atoms with van der Waals surface area (Å²) in [6, 6.07) is 0. The van der Waals surface area contributed by atoms with Crippen molar-refractivity contribution in [2.75, 3.05) is 0 Å². The molecule has 0 aromatic rings. The molecule has 0 fully saturated rings. The van der Waals surface area contributed by atoms with Gasteiger partial charge in [0.25, 0.3) is 0 Å². The molecule has 0 bridgehead atoms. The van der Waals surface area contributed by atoms with Gasteiger partial charge >= 0.3 is 5.97 Å². The first-order valence-corrected chi connectivity index (χ1v) is 2.32. The molecule has 0 atom stereocenters. The van der Waals surface area contributed by atoms with E-state index in [0.29, 0.717) is 0 Å². The summed E-state index contributed by atoms with van der Waals surface area (Å²) < 4.78 is 0. The van der Waals surface area contributed by atoms with Crippen LogP contribution in [0.3, 0.4) is 0 Å². The maximum absolute atomic E-state index is 10.1. The number of Topliss-reactive ketones (excluding diaryl/α,β-unsaturated/α-hetero) is 2. The Bertz CT molecular complexity index is 192. The first-order chi connectivity index (χ1) is 4.57. The predicted molar refractivity (Wildman–Crippen MR) is 28.3 cm³/mol. The SMILES string of the molecule is O=CC(=O)CC(=O)C(=O)O. The van der Waals surface area contributed by atoms with Crippen molar-refractivity contribution < 1.29 is 24.3 Å². The minimum atomic E-state index is -1.70. The number of aldehydes is 1. The molecule has 0 saturated heterocycles. The standard InChI is InChI=1S/C5H4O5/c6-2-3(7)1-4(8)5(9)10/h2H,1H2,(H,9,10). The minimum absolute atomic E-state index is 0.0825. The van der Waals surface area contributed by atoms with Crippen molar-refractivity contribution in [3.8, 4) is 0 Å². The molecular formula is C5H4O5. The summed E-state index contributed by atoms with van der Waals surface area (Å²) in [6.45, 7) is 0. The molecular weight excluding hydrogens is 140 g/mol.